The minimum atomic E-state index is -3.75. The summed E-state index contributed by atoms with van der Waals surface area (Å²) < 4.78 is 40.7. The lowest BCUT2D eigenvalue weighted by Crippen LogP contribution is -2.26. The van der Waals surface area contributed by atoms with Gasteiger partial charge in [0, 0.05) is 12.7 Å². The first-order chi connectivity index (χ1) is 13.4. The zero-order chi connectivity index (χ0) is 20.1. The quantitative estimate of drug-likeness (QED) is 0.603. The molecular formula is C20H18FN3O2S2. The Balaban J connectivity index is 1.78. The third kappa shape index (κ3) is 4.47. The summed E-state index contributed by atoms with van der Waals surface area (Å²) in [7, 11) is -2.25. The zero-order valence-corrected chi connectivity index (χ0v) is 16.6. The number of para-hydroxylation sites is 2. The van der Waals surface area contributed by atoms with E-state index in [4.69, 9.17) is 12.2 Å². The average molecular weight is 416 g/mol. The predicted octanol–water partition coefficient (Wildman–Crippen LogP) is 4.46. The van der Waals surface area contributed by atoms with Crippen LogP contribution >= 0.6 is 12.2 Å². The fraction of sp³-hybridized carbons (Fsp3) is 0.0500. The Bertz CT molecular complexity index is 1090. The second-order valence-electron chi connectivity index (χ2n) is 5.89. The van der Waals surface area contributed by atoms with Crippen molar-refractivity contribution in [1.29, 1.82) is 0 Å². The van der Waals surface area contributed by atoms with Crippen LogP contribution in [0, 0.1) is 5.82 Å². The fourth-order valence-electron chi connectivity index (χ4n) is 2.52. The summed E-state index contributed by atoms with van der Waals surface area (Å²) in [4.78, 5) is 0.109. The molecule has 3 aromatic carbocycles. The van der Waals surface area contributed by atoms with E-state index in [1.165, 1.54) is 29.6 Å². The highest BCUT2D eigenvalue weighted by atomic mass is 32.2. The molecule has 0 aliphatic rings. The molecule has 3 rings (SSSR count). The molecule has 0 radical (unpaired) electrons. The van der Waals surface area contributed by atoms with Crippen LogP contribution in [0.15, 0.2) is 83.8 Å². The van der Waals surface area contributed by atoms with E-state index in [0.29, 0.717) is 11.4 Å². The molecule has 0 spiro atoms. The van der Waals surface area contributed by atoms with Gasteiger partial charge in [-0.05, 0) is 54.7 Å². The van der Waals surface area contributed by atoms with Gasteiger partial charge in [-0.1, -0.05) is 36.4 Å². The normalized spacial score (nSPS) is 10.9. The Kier molecular flexibility index (Phi) is 5.91. The molecule has 0 saturated heterocycles. The van der Waals surface area contributed by atoms with Crippen LogP contribution in [0.25, 0.3) is 0 Å². The van der Waals surface area contributed by atoms with Crippen molar-refractivity contribution in [2.45, 2.75) is 4.90 Å². The Morgan fingerprint density at radius 1 is 0.929 bits per heavy atom. The number of nitrogens with one attached hydrogen (secondary N) is 2. The maximum absolute atomic E-state index is 13.7. The summed E-state index contributed by atoms with van der Waals surface area (Å²) in [5.41, 5.74) is 1.25. The highest BCUT2D eigenvalue weighted by Gasteiger charge is 2.21. The Labute approximate surface area is 168 Å². The van der Waals surface area contributed by atoms with E-state index in [1.54, 1.807) is 54.6 Å². The Morgan fingerprint density at radius 2 is 1.61 bits per heavy atom. The molecule has 0 heterocycles. The highest BCUT2D eigenvalue weighted by Crippen LogP contribution is 2.24. The van der Waals surface area contributed by atoms with Crippen LogP contribution in [0.1, 0.15) is 0 Å². The van der Waals surface area contributed by atoms with Crippen molar-refractivity contribution in [2.24, 2.45) is 0 Å². The van der Waals surface area contributed by atoms with E-state index in [-0.39, 0.29) is 15.7 Å². The van der Waals surface area contributed by atoms with E-state index in [2.05, 4.69) is 10.6 Å². The molecule has 0 amide bonds. The maximum atomic E-state index is 13.7. The minimum absolute atomic E-state index is 0.109. The van der Waals surface area contributed by atoms with Gasteiger partial charge in [-0.2, -0.15) is 0 Å². The lowest BCUT2D eigenvalue weighted by Gasteiger charge is -2.20. The number of halogens is 1. The smallest absolute Gasteiger partial charge is 0.264 e. The van der Waals surface area contributed by atoms with Crippen molar-refractivity contribution >= 4 is 44.4 Å². The van der Waals surface area contributed by atoms with E-state index in [9.17, 15) is 12.8 Å². The molecule has 0 unspecified atom stereocenters. The molecule has 2 N–H and O–H groups in total. The van der Waals surface area contributed by atoms with Crippen LogP contribution in [0.2, 0.25) is 0 Å². The summed E-state index contributed by atoms with van der Waals surface area (Å²) in [5, 5.41) is 5.78. The van der Waals surface area contributed by atoms with Crippen molar-refractivity contribution in [3.63, 3.8) is 0 Å². The largest absolute Gasteiger partial charge is 0.332 e. The zero-order valence-electron chi connectivity index (χ0n) is 15.0. The Morgan fingerprint density at radius 3 is 2.32 bits per heavy atom. The van der Waals surface area contributed by atoms with Gasteiger partial charge in [0.05, 0.1) is 16.3 Å². The van der Waals surface area contributed by atoms with Crippen LogP contribution in [0.4, 0.5) is 21.5 Å². The summed E-state index contributed by atoms with van der Waals surface area (Å²) in [6.45, 7) is 0. The molecule has 0 fully saturated rings. The van der Waals surface area contributed by atoms with Crippen LogP contribution in [-0.4, -0.2) is 20.6 Å². The second kappa shape index (κ2) is 8.37. The molecule has 28 heavy (non-hydrogen) atoms. The fourth-order valence-corrected chi connectivity index (χ4v) is 3.99. The summed E-state index contributed by atoms with van der Waals surface area (Å²) in [6.07, 6.45) is 0. The van der Waals surface area contributed by atoms with Crippen molar-refractivity contribution in [3.8, 4) is 0 Å². The minimum Gasteiger partial charge on any atom is -0.332 e. The number of thiocarbonyl (C=S) groups is 1. The van der Waals surface area contributed by atoms with Crippen molar-refractivity contribution in [1.82, 2.24) is 0 Å². The number of anilines is 3. The molecule has 0 bridgehead atoms. The van der Waals surface area contributed by atoms with E-state index >= 15 is 0 Å². The van der Waals surface area contributed by atoms with E-state index in [1.807, 2.05) is 6.07 Å². The number of hydrogen-bond acceptors (Lipinski definition) is 3. The number of sulfonamides is 1. The summed E-state index contributed by atoms with van der Waals surface area (Å²) in [6, 6.07) is 21.2. The number of benzene rings is 3. The first-order valence-corrected chi connectivity index (χ1v) is 10.2. The highest BCUT2D eigenvalue weighted by molar-refractivity contribution is 7.92. The lowest BCUT2D eigenvalue weighted by atomic mass is 10.3. The van der Waals surface area contributed by atoms with Crippen LogP contribution < -0.4 is 14.9 Å². The molecule has 0 aliphatic carbocycles. The van der Waals surface area contributed by atoms with Gasteiger partial charge in [-0.25, -0.2) is 12.8 Å². The number of rotatable bonds is 5. The van der Waals surface area contributed by atoms with Gasteiger partial charge >= 0.3 is 0 Å². The number of nitrogens with zero attached hydrogens (tertiary/aromatic N) is 1. The molecule has 144 valence electrons. The lowest BCUT2D eigenvalue weighted by molar-refractivity contribution is 0.594. The molecule has 0 atom stereocenters. The van der Waals surface area contributed by atoms with Gasteiger partial charge in [-0.15, -0.1) is 0 Å². The number of hydrogen-bond donors (Lipinski definition) is 2. The average Bonchev–Trinajstić information content (AvgIpc) is 2.70. The SMILES string of the molecule is CN(c1ccccc1)S(=O)(=O)c1cccc(NC(=S)Nc2ccccc2F)c1. The summed E-state index contributed by atoms with van der Waals surface area (Å²) >= 11 is 5.19. The standard InChI is InChI=1S/C20H18FN3O2S2/c1-24(16-9-3-2-4-10-16)28(25,26)17-11-7-8-15(14-17)22-20(27)23-19-13-6-5-12-18(19)21/h2-14H,1H3,(H2,22,23,27). The van der Waals surface area contributed by atoms with Crippen molar-refractivity contribution < 1.29 is 12.8 Å². The molecule has 0 aromatic heterocycles. The molecule has 0 aliphatic heterocycles. The van der Waals surface area contributed by atoms with Gasteiger partial charge in [0.2, 0.25) is 0 Å². The molecule has 8 heteroatoms. The summed E-state index contributed by atoms with van der Waals surface area (Å²) in [5.74, 6) is -0.438. The van der Waals surface area contributed by atoms with Gasteiger partial charge in [0.15, 0.2) is 5.11 Å². The van der Waals surface area contributed by atoms with Gasteiger partial charge in [0.1, 0.15) is 5.82 Å². The predicted molar refractivity (Wildman–Crippen MR) is 115 cm³/mol. The van der Waals surface area contributed by atoms with Gasteiger partial charge in [0.25, 0.3) is 10.0 Å². The van der Waals surface area contributed by atoms with Crippen LogP contribution in [0.3, 0.4) is 0 Å². The van der Waals surface area contributed by atoms with Gasteiger partial charge < -0.3 is 10.6 Å². The van der Waals surface area contributed by atoms with E-state index in [0.717, 1.165) is 0 Å². The molecule has 3 aromatic rings. The van der Waals surface area contributed by atoms with Gasteiger partial charge in [-0.3, -0.25) is 4.31 Å². The van der Waals surface area contributed by atoms with E-state index < -0.39 is 15.8 Å². The first-order valence-electron chi connectivity index (χ1n) is 8.34. The topological polar surface area (TPSA) is 61.4 Å². The molecular weight excluding hydrogens is 397 g/mol. The third-order valence-electron chi connectivity index (χ3n) is 3.99. The van der Waals surface area contributed by atoms with Crippen LogP contribution in [0.5, 0.6) is 0 Å². The molecule has 0 saturated carbocycles. The monoisotopic (exact) mass is 415 g/mol. The third-order valence-corrected chi connectivity index (χ3v) is 5.98. The van der Waals surface area contributed by atoms with Crippen molar-refractivity contribution in [3.05, 3.63) is 84.7 Å². The Hall–Kier alpha value is -2.97. The van der Waals surface area contributed by atoms with Crippen molar-refractivity contribution in [2.75, 3.05) is 22.0 Å². The first kappa shape index (κ1) is 19.8. The van der Waals surface area contributed by atoms with Crippen LogP contribution in [-0.2, 0) is 10.0 Å². The second-order valence-corrected chi connectivity index (χ2v) is 8.27. The maximum Gasteiger partial charge on any atom is 0.264 e. The molecule has 5 nitrogen and oxygen atoms in total.